The zero-order valence-corrected chi connectivity index (χ0v) is 25.1. The van der Waals surface area contributed by atoms with Gasteiger partial charge in [0.05, 0.1) is 26.7 Å². The summed E-state index contributed by atoms with van der Waals surface area (Å²) in [7, 11) is -10.3. The zero-order valence-electron chi connectivity index (χ0n) is 19.5. The molecule has 35 heavy (non-hydrogen) atoms. The van der Waals surface area contributed by atoms with Crippen molar-refractivity contribution in [1.82, 2.24) is 0 Å². The van der Waals surface area contributed by atoms with Gasteiger partial charge in [0.25, 0.3) is 0 Å². The molecule has 0 heterocycles. The smallest absolute Gasteiger partial charge is 0.744 e. The molecule has 174 valence electrons. The van der Waals surface area contributed by atoms with E-state index < -0.39 is 47.4 Å². The summed E-state index contributed by atoms with van der Waals surface area (Å²) >= 11 is 0. The normalized spacial score (nSPS) is 14.3. The second kappa shape index (κ2) is 11.8. The van der Waals surface area contributed by atoms with Crippen molar-refractivity contribution in [2.45, 2.75) is 25.7 Å². The Hall–Kier alpha value is -1.39. The predicted molar refractivity (Wildman–Crippen MR) is 118 cm³/mol. The van der Waals surface area contributed by atoms with Crippen molar-refractivity contribution in [2.24, 2.45) is 5.10 Å². The van der Waals surface area contributed by atoms with Gasteiger partial charge in [0.15, 0.2) is 0 Å². The third-order valence-electron chi connectivity index (χ3n) is 4.78. The van der Waals surface area contributed by atoms with Gasteiger partial charge < -0.3 is 14.4 Å². The third-order valence-corrected chi connectivity index (χ3v) is 6.44. The summed E-state index contributed by atoms with van der Waals surface area (Å²) in [5.41, 5.74) is 3.00. The fourth-order valence-corrected chi connectivity index (χ4v) is 4.28. The maximum absolute atomic E-state index is 13.2. The van der Waals surface area contributed by atoms with Gasteiger partial charge in [0.1, 0.15) is 25.9 Å². The van der Waals surface area contributed by atoms with Crippen molar-refractivity contribution in [3.05, 3.63) is 57.5 Å². The maximum Gasteiger partial charge on any atom is 1.00 e. The molecule has 0 spiro atoms. The molecule has 0 unspecified atom stereocenters. The van der Waals surface area contributed by atoms with Gasteiger partial charge in [-0.1, -0.05) is 6.07 Å². The number of allylic oxidation sites excluding steroid dienone is 1. The van der Waals surface area contributed by atoms with Crippen LogP contribution in [0, 0.1) is 13.8 Å². The molecule has 2 aromatic rings. The standard InChI is InChI=1S/C20H19N3O8S2.2Na/c1-10-4-5-14(6-11(10)2)22-23-19-17(33(29,30)31)8-13-7-15(32(26,27)28)9-16(21-12(3)24)18(13)20(19)25;;/h4-9,22H,1-3H3,(H,21,24)(H,26,27,28)(H,29,30,31);;/q;2*+1/p-2/b23-19+;;. The minimum atomic E-state index is -5.25. The number of hydrogen-bond acceptors (Lipinski definition) is 10. The first kappa shape index (κ1) is 31.6. The second-order valence-electron chi connectivity index (χ2n) is 7.23. The first-order chi connectivity index (χ1) is 15.2. The minimum absolute atomic E-state index is 0. The van der Waals surface area contributed by atoms with Crippen LogP contribution in [0.15, 0.2) is 45.2 Å². The van der Waals surface area contributed by atoms with Gasteiger partial charge in [0, 0.05) is 6.92 Å². The van der Waals surface area contributed by atoms with E-state index in [4.69, 9.17) is 0 Å². The number of ketones is 1. The van der Waals surface area contributed by atoms with Crippen molar-refractivity contribution in [3.8, 4) is 0 Å². The molecule has 15 heteroatoms. The number of Topliss-reactive ketones (excluding diaryl/α,β-unsaturated/α-hetero) is 1. The van der Waals surface area contributed by atoms with Crippen molar-refractivity contribution in [2.75, 3.05) is 10.7 Å². The summed E-state index contributed by atoms with van der Waals surface area (Å²) in [6, 6.07) is 6.59. The monoisotopic (exact) mass is 537 g/mol. The quantitative estimate of drug-likeness (QED) is 0.216. The van der Waals surface area contributed by atoms with Crippen LogP contribution in [0.5, 0.6) is 0 Å². The number of carbonyl (C=O) groups is 2. The SMILES string of the molecule is CC(=O)Nc1cc(S(=O)(=O)[O-])cc2c1C(=O)/C(=N/Nc1ccc(C)c(C)c1)C(S(=O)(=O)[O-])=C2.[Na+].[Na+]. The molecule has 1 aliphatic carbocycles. The van der Waals surface area contributed by atoms with Crippen molar-refractivity contribution in [1.29, 1.82) is 0 Å². The van der Waals surface area contributed by atoms with E-state index in [-0.39, 0.29) is 75.9 Å². The molecule has 0 aromatic heterocycles. The number of carbonyl (C=O) groups excluding carboxylic acids is 2. The van der Waals surface area contributed by atoms with Gasteiger partial charge in [0.2, 0.25) is 11.7 Å². The predicted octanol–water partition coefficient (Wildman–Crippen LogP) is -4.28. The van der Waals surface area contributed by atoms with E-state index in [0.29, 0.717) is 5.69 Å². The maximum atomic E-state index is 13.2. The molecular weight excluding hydrogens is 520 g/mol. The first-order valence-electron chi connectivity index (χ1n) is 9.23. The van der Waals surface area contributed by atoms with Gasteiger partial charge >= 0.3 is 59.1 Å². The van der Waals surface area contributed by atoms with Gasteiger partial charge in [-0.15, -0.1) is 0 Å². The zero-order chi connectivity index (χ0) is 24.7. The van der Waals surface area contributed by atoms with Crippen LogP contribution in [-0.4, -0.2) is 43.3 Å². The number of nitrogens with one attached hydrogen (secondary N) is 2. The summed E-state index contributed by atoms with van der Waals surface area (Å²) in [4.78, 5) is 22.9. The molecule has 1 aliphatic rings. The summed E-state index contributed by atoms with van der Waals surface area (Å²) in [6.07, 6.45) is 0.736. The number of fused-ring (bicyclic) bond motifs is 1. The summed E-state index contributed by atoms with van der Waals surface area (Å²) in [5, 5.41) is 6.06. The topological polar surface area (TPSA) is 185 Å². The van der Waals surface area contributed by atoms with Crippen LogP contribution in [0.25, 0.3) is 6.08 Å². The van der Waals surface area contributed by atoms with Gasteiger partial charge in [-0.3, -0.25) is 15.0 Å². The van der Waals surface area contributed by atoms with Crippen LogP contribution in [0.1, 0.15) is 34.0 Å². The van der Waals surface area contributed by atoms with Crippen LogP contribution >= 0.6 is 0 Å². The van der Waals surface area contributed by atoms with E-state index >= 15 is 0 Å². The van der Waals surface area contributed by atoms with Gasteiger partial charge in [-0.05, 0) is 60.9 Å². The molecule has 0 atom stereocenters. The van der Waals surface area contributed by atoms with E-state index in [2.05, 4.69) is 15.8 Å². The van der Waals surface area contributed by atoms with Gasteiger partial charge in [-0.25, -0.2) is 16.8 Å². The number of anilines is 2. The Bertz CT molecular complexity index is 1480. The number of hydrogen-bond donors (Lipinski definition) is 2. The fourth-order valence-electron chi connectivity index (χ4n) is 3.10. The molecule has 0 radical (unpaired) electrons. The number of hydrazone groups is 1. The molecule has 0 saturated carbocycles. The number of aryl methyl sites for hydroxylation is 2. The summed E-state index contributed by atoms with van der Waals surface area (Å²) in [6.45, 7) is 4.78. The van der Waals surface area contributed by atoms with Crippen LogP contribution in [0.2, 0.25) is 0 Å². The molecule has 3 rings (SSSR count). The Kier molecular flexibility index (Phi) is 10.6. The molecule has 2 N–H and O–H groups in total. The number of amides is 1. The van der Waals surface area contributed by atoms with Crippen LogP contribution < -0.4 is 69.9 Å². The third kappa shape index (κ3) is 7.32. The minimum Gasteiger partial charge on any atom is -0.744 e. The second-order valence-corrected chi connectivity index (χ2v) is 9.96. The molecule has 2 aromatic carbocycles. The average molecular weight is 537 g/mol. The van der Waals surface area contributed by atoms with Crippen LogP contribution in [0.3, 0.4) is 0 Å². The van der Waals surface area contributed by atoms with E-state index in [1.54, 1.807) is 18.2 Å². The Labute approximate surface area is 246 Å². The molecular formula is C20H17N3Na2O8S2. The average Bonchev–Trinajstić information content (AvgIpc) is 2.67. The number of nitrogens with zero attached hydrogens (tertiary/aromatic N) is 1. The Balaban J connectivity index is 0.00000306. The number of rotatable bonds is 5. The van der Waals surface area contributed by atoms with Crippen molar-refractivity contribution < 1.29 is 94.6 Å². The Morgan fingerprint density at radius 3 is 2.09 bits per heavy atom. The molecule has 0 saturated heterocycles. The van der Waals surface area contributed by atoms with Crippen molar-refractivity contribution in [3.63, 3.8) is 0 Å². The van der Waals surface area contributed by atoms with Crippen LogP contribution in [-0.2, 0) is 25.0 Å². The fraction of sp³-hybridized carbons (Fsp3) is 0.150. The van der Waals surface area contributed by atoms with Gasteiger partial charge in [-0.2, -0.15) is 5.10 Å². The molecule has 0 fully saturated rings. The summed E-state index contributed by atoms with van der Waals surface area (Å²) < 4.78 is 70.1. The molecule has 0 aliphatic heterocycles. The molecule has 0 bridgehead atoms. The summed E-state index contributed by atoms with van der Waals surface area (Å²) in [5.74, 6) is -1.76. The van der Waals surface area contributed by atoms with E-state index in [9.17, 15) is 35.5 Å². The Morgan fingerprint density at radius 1 is 0.943 bits per heavy atom. The first-order valence-corrected chi connectivity index (χ1v) is 12.1. The van der Waals surface area contributed by atoms with E-state index in [1.165, 1.54) is 0 Å². The van der Waals surface area contributed by atoms with E-state index in [1.807, 2.05) is 13.8 Å². The van der Waals surface area contributed by atoms with Crippen molar-refractivity contribution >= 4 is 55.1 Å². The van der Waals surface area contributed by atoms with E-state index in [0.717, 1.165) is 36.3 Å². The Morgan fingerprint density at radius 2 is 1.57 bits per heavy atom. The number of benzene rings is 2. The van der Waals surface area contributed by atoms with Crippen LogP contribution in [0.4, 0.5) is 11.4 Å². The molecule has 11 nitrogen and oxygen atoms in total. The molecule has 1 amide bonds. The largest absolute Gasteiger partial charge is 1.00 e.